The lowest BCUT2D eigenvalue weighted by Crippen LogP contribution is -2.35. The first kappa shape index (κ1) is 19.5. The van der Waals surface area contributed by atoms with Crippen LogP contribution < -0.4 is 15.6 Å². The van der Waals surface area contributed by atoms with E-state index in [0.29, 0.717) is 16.2 Å². The minimum absolute atomic E-state index is 0.0443. The van der Waals surface area contributed by atoms with Gasteiger partial charge in [0.2, 0.25) is 5.91 Å². The first-order valence-corrected chi connectivity index (χ1v) is 7.53. The van der Waals surface area contributed by atoms with E-state index in [4.69, 9.17) is 4.74 Å². The Bertz CT molecular complexity index is 862. The molecule has 0 saturated heterocycles. The third kappa shape index (κ3) is 4.41. The molecular weight excluding hydrogens is 356 g/mol. The van der Waals surface area contributed by atoms with Crippen LogP contribution in [0.5, 0.6) is 5.75 Å². The van der Waals surface area contributed by atoms with Crippen molar-refractivity contribution in [2.45, 2.75) is 25.7 Å². The summed E-state index contributed by atoms with van der Waals surface area (Å²) in [7, 11) is 1.32. The van der Waals surface area contributed by atoms with E-state index < -0.39 is 41.6 Å². The normalized spacial score (nSPS) is 12.5. The third-order valence-electron chi connectivity index (χ3n) is 3.69. The Labute approximate surface area is 146 Å². The molecule has 26 heavy (non-hydrogen) atoms. The summed E-state index contributed by atoms with van der Waals surface area (Å²) in [6.07, 6.45) is -3.71. The van der Waals surface area contributed by atoms with E-state index in [9.17, 15) is 27.2 Å². The first-order chi connectivity index (χ1) is 12.1. The second kappa shape index (κ2) is 7.59. The highest BCUT2D eigenvalue weighted by Crippen LogP contribution is 2.26. The molecule has 1 aromatic heterocycles. The topological polar surface area (TPSA) is 60.3 Å². The lowest BCUT2D eigenvalue weighted by molar-refractivity contribution is -0.139. The highest BCUT2D eigenvalue weighted by molar-refractivity contribution is 5.76. The van der Waals surface area contributed by atoms with Gasteiger partial charge in [0.1, 0.15) is 12.1 Å². The summed E-state index contributed by atoms with van der Waals surface area (Å²) in [5.41, 5.74) is -2.22. The van der Waals surface area contributed by atoms with Gasteiger partial charge in [0.25, 0.3) is 5.56 Å². The summed E-state index contributed by atoms with van der Waals surface area (Å²) < 4.78 is 57.4. The summed E-state index contributed by atoms with van der Waals surface area (Å²) in [5, 5.41) is 2.51. The maximum absolute atomic E-state index is 13.7. The Kier molecular flexibility index (Phi) is 5.69. The molecule has 140 valence electrons. The summed E-state index contributed by atoms with van der Waals surface area (Å²) in [5.74, 6) is -1.25. The maximum Gasteiger partial charge on any atom is 0.421 e. The van der Waals surface area contributed by atoms with E-state index in [1.807, 2.05) is 0 Å². The number of aromatic nitrogens is 1. The number of benzene rings is 1. The van der Waals surface area contributed by atoms with Crippen molar-refractivity contribution >= 4 is 5.91 Å². The van der Waals surface area contributed by atoms with Gasteiger partial charge in [-0.05, 0) is 36.8 Å². The zero-order valence-electron chi connectivity index (χ0n) is 13.9. The number of methoxy groups -OCH3 is 1. The molecule has 0 aliphatic carbocycles. The Hall–Kier alpha value is -2.84. The second-order valence-electron chi connectivity index (χ2n) is 5.54. The Morgan fingerprint density at radius 1 is 1.31 bits per heavy atom. The number of carbonyl (C=O) groups excluding carboxylic acids is 1. The number of halogens is 4. The van der Waals surface area contributed by atoms with E-state index >= 15 is 0 Å². The fourth-order valence-electron chi connectivity index (χ4n) is 2.35. The van der Waals surface area contributed by atoms with Crippen LogP contribution in [-0.2, 0) is 17.5 Å². The molecule has 0 spiro atoms. The largest absolute Gasteiger partial charge is 0.494 e. The van der Waals surface area contributed by atoms with Gasteiger partial charge in [0.15, 0.2) is 11.6 Å². The smallest absolute Gasteiger partial charge is 0.421 e. The number of ether oxygens (including phenoxy) is 1. The van der Waals surface area contributed by atoms with Crippen molar-refractivity contribution in [3.8, 4) is 5.75 Å². The lowest BCUT2D eigenvalue weighted by atomic mass is 10.1. The van der Waals surface area contributed by atoms with Gasteiger partial charge in [0, 0.05) is 6.20 Å². The number of alkyl halides is 3. The molecule has 5 nitrogen and oxygen atoms in total. The Morgan fingerprint density at radius 2 is 2.00 bits per heavy atom. The number of pyridine rings is 1. The number of nitrogens with one attached hydrogen (secondary N) is 1. The maximum atomic E-state index is 13.7. The zero-order valence-corrected chi connectivity index (χ0v) is 13.9. The molecule has 0 fully saturated rings. The number of nitrogens with zero attached hydrogens (tertiary/aromatic N) is 1. The molecule has 1 atom stereocenters. The highest BCUT2D eigenvalue weighted by atomic mass is 19.4. The number of rotatable bonds is 5. The van der Waals surface area contributed by atoms with Gasteiger partial charge < -0.3 is 14.6 Å². The summed E-state index contributed by atoms with van der Waals surface area (Å²) in [4.78, 5) is 23.9. The van der Waals surface area contributed by atoms with E-state index in [2.05, 4.69) is 5.32 Å². The molecule has 2 aromatic rings. The van der Waals surface area contributed by atoms with Crippen molar-refractivity contribution in [3.05, 3.63) is 63.8 Å². The van der Waals surface area contributed by atoms with Gasteiger partial charge in [-0.15, -0.1) is 0 Å². The lowest BCUT2D eigenvalue weighted by Gasteiger charge is -2.16. The second-order valence-corrected chi connectivity index (χ2v) is 5.54. The molecule has 9 heteroatoms. The molecule has 0 bridgehead atoms. The number of hydrogen-bond acceptors (Lipinski definition) is 3. The van der Waals surface area contributed by atoms with Crippen molar-refractivity contribution in [1.82, 2.24) is 9.88 Å². The molecule has 0 aliphatic heterocycles. The van der Waals surface area contributed by atoms with Crippen molar-refractivity contribution in [3.63, 3.8) is 0 Å². The van der Waals surface area contributed by atoms with Crippen LogP contribution in [-0.4, -0.2) is 17.6 Å². The molecule has 0 aliphatic rings. The molecule has 1 amide bonds. The van der Waals surface area contributed by atoms with E-state index in [1.54, 1.807) is 13.0 Å². The van der Waals surface area contributed by atoms with Gasteiger partial charge >= 0.3 is 6.18 Å². The van der Waals surface area contributed by atoms with Crippen LogP contribution in [0, 0.1) is 5.82 Å². The van der Waals surface area contributed by atoms with Crippen LogP contribution in [0.3, 0.4) is 0 Å². The van der Waals surface area contributed by atoms with Crippen molar-refractivity contribution in [2.75, 3.05) is 7.11 Å². The fourth-order valence-corrected chi connectivity index (χ4v) is 2.35. The SMILES string of the molecule is COc1ccc([C@H](C)NC(=O)Cn2cccc(C(F)(F)F)c2=O)cc1F. The highest BCUT2D eigenvalue weighted by Gasteiger charge is 2.34. The van der Waals surface area contributed by atoms with Crippen LogP contribution in [0.4, 0.5) is 17.6 Å². The van der Waals surface area contributed by atoms with E-state index in [0.717, 1.165) is 12.3 Å². The third-order valence-corrected chi connectivity index (χ3v) is 3.69. The first-order valence-electron chi connectivity index (χ1n) is 7.53. The monoisotopic (exact) mass is 372 g/mol. The molecule has 0 unspecified atom stereocenters. The summed E-state index contributed by atoms with van der Waals surface area (Å²) >= 11 is 0. The molecule has 1 heterocycles. The van der Waals surface area contributed by atoms with Crippen molar-refractivity contribution < 1.29 is 27.1 Å². The zero-order chi connectivity index (χ0) is 19.5. The van der Waals surface area contributed by atoms with Gasteiger partial charge in [-0.2, -0.15) is 13.2 Å². The minimum atomic E-state index is -4.80. The predicted molar refractivity (Wildman–Crippen MR) is 85.2 cm³/mol. The average Bonchev–Trinajstić information content (AvgIpc) is 2.55. The van der Waals surface area contributed by atoms with E-state index in [-0.39, 0.29) is 5.75 Å². The van der Waals surface area contributed by atoms with Crippen LogP contribution >= 0.6 is 0 Å². The minimum Gasteiger partial charge on any atom is -0.494 e. The van der Waals surface area contributed by atoms with Crippen LogP contribution in [0.1, 0.15) is 24.1 Å². The summed E-state index contributed by atoms with van der Waals surface area (Å²) in [6, 6.07) is 5.19. The van der Waals surface area contributed by atoms with Gasteiger partial charge in [0.05, 0.1) is 13.2 Å². The van der Waals surface area contributed by atoms with Gasteiger partial charge in [-0.25, -0.2) is 4.39 Å². The van der Waals surface area contributed by atoms with Gasteiger partial charge in [-0.1, -0.05) is 6.07 Å². The average molecular weight is 372 g/mol. The van der Waals surface area contributed by atoms with Crippen LogP contribution in [0.2, 0.25) is 0 Å². The Morgan fingerprint density at radius 3 is 2.58 bits per heavy atom. The number of amides is 1. The molecule has 2 rings (SSSR count). The Balaban J connectivity index is 2.12. The molecule has 1 N–H and O–H groups in total. The fraction of sp³-hybridized carbons (Fsp3) is 0.294. The molecule has 1 aromatic carbocycles. The molecule has 0 radical (unpaired) electrons. The number of hydrogen-bond donors (Lipinski definition) is 1. The van der Waals surface area contributed by atoms with E-state index in [1.165, 1.54) is 19.2 Å². The van der Waals surface area contributed by atoms with Crippen LogP contribution in [0.15, 0.2) is 41.3 Å². The van der Waals surface area contributed by atoms with Crippen molar-refractivity contribution in [2.24, 2.45) is 0 Å². The summed E-state index contributed by atoms with van der Waals surface area (Å²) in [6.45, 7) is 0.986. The number of carbonyl (C=O) groups is 1. The van der Waals surface area contributed by atoms with Crippen LogP contribution in [0.25, 0.3) is 0 Å². The quantitative estimate of drug-likeness (QED) is 0.821. The molecule has 0 saturated carbocycles. The predicted octanol–water partition coefficient (Wildman–Crippen LogP) is 2.89. The van der Waals surface area contributed by atoms with Crippen molar-refractivity contribution in [1.29, 1.82) is 0 Å². The standard InChI is InChI=1S/C17H16F4N2O3/c1-10(11-5-6-14(26-2)13(18)8-11)22-15(24)9-23-7-3-4-12(16(23)25)17(19,20)21/h3-8,10H,9H2,1-2H3,(H,22,24)/t10-/m0/s1. The molecular formula is C17H16F4N2O3. The van der Waals surface area contributed by atoms with Gasteiger partial charge in [-0.3, -0.25) is 9.59 Å².